The van der Waals surface area contributed by atoms with Crippen LogP contribution >= 0.6 is 0 Å². The topological polar surface area (TPSA) is 75.2 Å². The monoisotopic (exact) mass is 322 g/mol. The lowest BCUT2D eigenvalue weighted by molar-refractivity contribution is -0.274. The summed E-state index contributed by atoms with van der Waals surface area (Å²) in [5, 5.41) is 16.3. The third-order valence-electron chi connectivity index (χ3n) is 3.15. The first-order valence-electron chi connectivity index (χ1n) is 6.41. The van der Waals surface area contributed by atoms with Gasteiger partial charge in [-0.05, 0) is 30.3 Å². The van der Waals surface area contributed by atoms with Crippen LogP contribution in [0.1, 0.15) is 10.4 Å². The fourth-order valence-electron chi connectivity index (χ4n) is 2.21. The molecule has 0 aliphatic rings. The maximum Gasteiger partial charge on any atom is 0.573 e. The summed E-state index contributed by atoms with van der Waals surface area (Å²) in [7, 11) is 0. The van der Waals surface area contributed by atoms with Crippen molar-refractivity contribution in [1.82, 2.24) is 10.2 Å². The van der Waals surface area contributed by atoms with Crippen LogP contribution in [-0.2, 0) is 0 Å². The average Bonchev–Trinajstić information content (AvgIpc) is 2.88. The number of carboxylic acid groups (broad SMARTS) is 1. The molecule has 0 amide bonds. The Morgan fingerprint density at radius 3 is 2.65 bits per heavy atom. The molecular formula is C15H9F3N2O3. The number of aromatic amines is 1. The molecule has 3 aromatic rings. The number of nitrogens with one attached hydrogen (secondary N) is 1. The van der Waals surface area contributed by atoms with E-state index >= 15 is 0 Å². The van der Waals surface area contributed by atoms with Crippen molar-refractivity contribution in [1.29, 1.82) is 0 Å². The lowest BCUT2D eigenvalue weighted by atomic mass is 10.1. The van der Waals surface area contributed by atoms with E-state index in [1.165, 1.54) is 30.3 Å². The number of alkyl halides is 3. The Morgan fingerprint density at radius 1 is 1.17 bits per heavy atom. The van der Waals surface area contributed by atoms with Crippen molar-refractivity contribution in [2.24, 2.45) is 0 Å². The predicted molar refractivity (Wildman–Crippen MR) is 75.2 cm³/mol. The molecule has 0 saturated heterocycles. The Labute approximate surface area is 127 Å². The maximum absolute atomic E-state index is 12.3. The molecule has 2 aromatic carbocycles. The molecule has 0 aliphatic heterocycles. The van der Waals surface area contributed by atoms with Crippen molar-refractivity contribution in [3.8, 4) is 17.0 Å². The molecule has 5 nitrogen and oxygen atoms in total. The number of ether oxygens (including phenoxy) is 1. The van der Waals surface area contributed by atoms with Crippen LogP contribution in [0, 0.1) is 0 Å². The summed E-state index contributed by atoms with van der Waals surface area (Å²) in [5.41, 5.74) is 1.38. The number of benzene rings is 2. The summed E-state index contributed by atoms with van der Waals surface area (Å²) < 4.78 is 40.8. The van der Waals surface area contributed by atoms with E-state index in [4.69, 9.17) is 5.11 Å². The molecule has 118 valence electrons. The largest absolute Gasteiger partial charge is 0.573 e. The maximum atomic E-state index is 12.3. The number of hydrogen-bond donors (Lipinski definition) is 2. The number of aromatic carboxylic acids is 1. The molecule has 0 aliphatic carbocycles. The highest BCUT2D eigenvalue weighted by Gasteiger charge is 2.31. The molecule has 0 atom stereocenters. The summed E-state index contributed by atoms with van der Waals surface area (Å²) in [5.74, 6) is -1.43. The third kappa shape index (κ3) is 3.10. The number of carboxylic acids is 1. The van der Waals surface area contributed by atoms with Crippen LogP contribution in [0.2, 0.25) is 0 Å². The lowest BCUT2D eigenvalue weighted by Gasteiger charge is -2.09. The molecule has 8 heteroatoms. The first kappa shape index (κ1) is 14.9. The number of H-pyrrole nitrogens is 1. The molecule has 0 spiro atoms. The molecule has 0 radical (unpaired) electrons. The van der Waals surface area contributed by atoms with Gasteiger partial charge in [0.2, 0.25) is 0 Å². The Hall–Kier alpha value is -3.03. The van der Waals surface area contributed by atoms with Crippen LogP contribution in [0.25, 0.3) is 22.2 Å². The molecule has 0 fully saturated rings. The Balaban J connectivity index is 2.03. The second kappa shape index (κ2) is 5.31. The van der Waals surface area contributed by atoms with Crippen molar-refractivity contribution in [3.05, 3.63) is 48.0 Å². The van der Waals surface area contributed by atoms with Gasteiger partial charge < -0.3 is 9.84 Å². The number of nitrogens with zero attached hydrogens (tertiary/aromatic N) is 1. The lowest BCUT2D eigenvalue weighted by Crippen LogP contribution is -2.17. The smallest absolute Gasteiger partial charge is 0.478 e. The number of fused-ring (bicyclic) bond motifs is 1. The average molecular weight is 322 g/mol. The second-order valence-corrected chi connectivity index (χ2v) is 4.71. The van der Waals surface area contributed by atoms with Gasteiger partial charge in [0.1, 0.15) is 11.4 Å². The summed E-state index contributed by atoms with van der Waals surface area (Å²) in [4.78, 5) is 10.9. The van der Waals surface area contributed by atoms with Crippen LogP contribution in [0.5, 0.6) is 5.75 Å². The van der Waals surface area contributed by atoms with Gasteiger partial charge >= 0.3 is 12.3 Å². The second-order valence-electron chi connectivity index (χ2n) is 4.71. The summed E-state index contributed by atoms with van der Waals surface area (Å²) >= 11 is 0. The van der Waals surface area contributed by atoms with Crippen molar-refractivity contribution >= 4 is 16.9 Å². The van der Waals surface area contributed by atoms with Gasteiger partial charge in [-0.1, -0.05) is 12.1 Å². The van der Waals surface area contributed by atoms with Gasteiger partial charge in [-0.2, -0.15) is 5.10 Å². The molecule has 2 N–H and O–H groups in total. The normalized spacial score (nSPS) is 11.6. The zero-order chi connectivity index (χ0) is 16.6. The van der Waals surface area contributed by atoms with E-state index in [0.717, 1.165) is 0 Å². The van der Waals surface area contributed by atoms with Crippen LogP contribution in [0.4, 0.5) is 13.2 Å². The van der Waals surface area contributed by atoms with Crippen molar-refractivity contribution in [2.45, 2.75) is 6.36 Å². The number of halogens is 3. The highest BCUT2D eigenvalue weighted by atomic mass is 19.4. The van der Waals surface area contributed by atoms with Crippen LogP contribution in [0.3, 0.4) is 0 Å². The minimum atomic E-state index is -4.78. The molecule has 23 heavy (non-hydrogen) atoms. The molecule has 0 unspecified atom stereocenters. The molecule has 1 aromatic heterocycles. The molecule has 1 heterocycles. The standard InChI is InChI=1S/C15H9F3N2O3/c16-15(17,18)23-10-3-1-2-8(6-10)13-11-5-4-9(14(21)22)7-12(11)19-20-13/h1-7H,(H,19,20)(H,21,22). The number of hydrogen-bond acceptors (Lipinski definition) is 3. The van der Waals surface area contributed by atoms with E-state index in [1.807, 2.05) is 0 Å². The summed E-state index contributed by atoms with van der Waals surface area (Å²) in [6, 6.07) is 9.77. The van der Waals surface area contributed by atoms with E-state index in [1.54, 1.807) is 12.1 Å². The highest BCUT2D eigenvalue weighted by Crippen LogP contribution is 2.31. The Bertz CT molecular complexity index is 887. The zero-order valence-corrected chi connectivity index (χ0v) is 11.4. The number of rotatable bonds is 3. The van der Waals surface area contributed by atoms with Crippen LogP contribution < -0.4 is 4.74 Å². The molecule has 0 saturated carbocycles. The van der Waals surface area contributed by atoms with E-state index in [0.29, 0.717) is 22.2 Å². The number of aromatic nitrogens is 2. The first-order valence-corrected chi connectivity index (χ1v) is 6.41. The van der Waals surface area contributed by atoms with E-state index in [2.05, 4.69) is 14.9 Å². The quantitative estimate of drug-likeness (QED) is 0.768. The zero-order valence-electron chi connectivity index (χ0n) is 11.4. The molecular weight excluding hydrogens is 313 g/mol. The van der Waals surface area contributed by atoms with E-state index in [-0.39, 0.29) is 11.3 Å². The summed E-state index contributed by atoms with van der Waals surface area (Å²) in [6.07, 6.45) is -4.78. The molecule has 0 bridgehead atoms. The van der Waals surface area contributed by atoms with Gasteiger partial charge in [-0.3, -0.25) is 5.10 Å². The Morgan fingerprint density at radius 2 is 1.96 bits per heavy atom. The van der Waals surface area contributed by atoms with E-state index in [9.17, 15) is 18.0 Å². The first-order chi connectivity index (χ1) is 10.8. The van der Waals surface area contributed by atoms with Crippen molar-refractivity contribution in [2.75, 3.05) is 0 Å². The fourth-order valence-corrected chi connectivity index (χ4v) is 2.21. The minimum absolute atomic E-state index is 0.0851. The van der Waals surface area contributed by atoms with Crippen LogP contribution in [0.15, 0.2) is 42.5 Å². The Kier molecular flexibility index (Phi) is 3.44. The van der Waals surface area contributed by atoms with Crippen molar-refractivity contribution in [3.63, 3.8) is 0 Å². The van der Waals surface area contributed by atoms with E-state index < -0.39 is 12.3 Å². The molecule has 3 rings (SSSR count). The summed E-state index contributed by atoms with van der Waals surface area (Å²) in [6.45, 7) is 0. The third-order valence-corrected chi connectivity index (χ3v) is 3.15. The SMILES string of the molecule is O=C(O)c1ccc2c(-c3cccc(OC(F)(F)F)c3)n[nH]c2c1. The van der Waals surface area contributed by atoms with Gasteiger partial charge in [0, 0.05) is 10.9 Å². The van der Waals surface area contributed by atoms with Gasteiger partial charge in [0.25, 0.3) is 0 Å². The van der Waals surface area contributed by atoms with Gasteiger partial charge in [-0.25, -0.2) is 4.79 Å². The number of carbonyl (C=O) groups is 1. The van der Waals surface area contributed by atoms with Crippen LogP contribution in [-0.4, -0.2) is 27.6 Å². The fraction of sp³-hybridized carbons (Fsp3) is 0.0667. The van der Waals surface area contributed by atoms with Gasteiger partial charge in [0.05, 0.1) is 11.1 Å². The predicted octanol–water partition coefficient (Wildman–Crippen LogP) is 3.83. The minimum Gasteiger partial charge on any atom is -0.478 e. The van der Waals surface area contributed by atoms with Gasteiger partial charge in [0.15, 0.2) is 0 Å². The highest BCUT2D eigenvalue weighted by molar-refractivity contribution is 5.98. The van der Waals surface area contributed by atoms with Crippen molar-refractivity contribution < 1.29 is 27.8 Å². The van der Waals surface area contributed by atoms with Gasteiger partial charge in [-0.15, -0.1) is 13.2 Å².